The molecule has 0 radical (unpaired) electrons. The zero-order valence-corrected chi connectivity index (χ0v) is 20.9. The van der Waals surface area contributed by atoms with Crippen molar-refractivity contribution >= 4 is 23.9 Å². The van der Waals surface area contributed by atoms with Gasteiger partial charge in [-0.25, -0.2) is 0 Å². The molecule has 0 saturated carbocycles. The van der Waals surface area contributed by atoms with Crippen LogP contribution in [0.25, 0.3) is 0 Å². The number of hydrogen-bond donors (Lipinski definition) is 0. The molecule has 0 heterocycles. The molecule has 0 N–H and O–H groups in total. The second-order valence-corrected chi connectivity index (χ2v) is 6.61. The number of aromatic carboxylic acids is 4. The molecule has 0 amide bonds. The monoisotopic (exact) mass is 586 g/mol. The van der Waals surface area contributed by atoms with Crippen LogP contribution in [0.5, 0.6) is 0 Å². The van der Waals surface area contributed by atoms with E-state index in [1.165, 1.54) is 48.5 Å². The van der Waals surface area contributed by atoms with Gasteiger partial charge in [0, 0.05) is 0 Å². The molecule has 0 aromatic heterocycles. The van der Waals surface area contributed by atoms with Gasteiger partial charge in [-0.15, -0.1) is 0 Å². The van der Waals surface area contributed by atoms with Gasteiger partial charge in [-0.2, -0.15) is 0 Å². The molecule has 9 heteroatoms. The van der Waals surface area contributed by atoms with Gasteiger partial charge < -0.3 is 39.6 Å². The number of benzene rings is 4. The van der Waals surface area contributed by atoms with Gasteiger partial charge in [0.1, 0.15) is 0 Å². The maximum atomic E-state index is 10.1. The van der Waals surface area contributed by atoms with Gasteiger partial charge >= 0.3 is 19.5 Å². The molecule has 37 heavy (non-hydrogen) atoms. The molecule has 0 saturated heterocycles. The maximum absolute atomic E-state index is 10.1. The SMILES string of the molecule is O=C([O-])c1ccccc1.O=C([O-])c1ccccc1.O=C([O-])c1ccccc1.O=C([O-])c1ccccc1.[Ru+4]. The first kappa shape index (κ1) is 32.4. The van der Waals surface area contributed by atoms with E-state index in [2.05, 4.69) is 0 Å². The van der Waals surface area contributed by atoms with Crippen molar-refractivity contribution in [2.45, 2.75) is 0 Å². The Bertz CT molecular complexity index is 1020. The van der Waals surface area contributed by atoms with Crippen molar-refractivity contribution < 1.29 is 59.1 Å². The Morgan fingerprint density at radius 2 is 0.459 bits per heavy atom. The van der Waals surface area contributed by atoms with E-state index in [9.17, 15) is 39.6 Å². The minimum Gasteiger partial charge on any atom is -0.545 e. The third-order valence-electron chi connectivity index (χ3n) is 4.04. The summed E-state index contributed by atoms with van der Waals surface area (Å²) in [6.07, 6.45) is 0. The summed E-state index contributed by atoms with van der Waals surface area (Å²) in [5.41, 5.74) is 0.880. The van der Waals surface area contributed by atoms with Gasteiger partial charge in [0.2, 0.25) is 0 Å². The second kappa shape index (κ2) is 18.7. The van der Waals surface area contributed by atoms with Crippen LogP contribution in [0.1, 0.15) is 41.4 Å². The molecule has 188 valence electrons. The average molecular weight is 586 g/mol. The first-order valence-corrected chi connectivity index (χ1v) is 10.3. The predicted octanol–water partition coefficient (Wildman–Crippen LogP) is 0.198. The van der Waals surface area contributed by atoms with Crippen molar-refractivity contribution in [3.63, 3.8) is 0 Å². The molecule has 0 aliphatic rings. The molecule has 0 aliphatic heterocycles. The van der Waals surface area contributed by atoms with E-state index in [1.54, 1.807) is 72.8 Å². The van der Waals surface area contributed by atoms with E-state index in [0.717, 1.165) is 0 Å². The predicted molar refractivity (Wildman–Crippen MR) is 123 cm³/mol. The Hall–Kier alpha value is -4.62. The van der Waals surface area contributed by atoms with Crippen molar-refractivity contribution in [1.29, 1.82) is 0 Å². The summed E-state index contributed by atoms with van der Waals surface area (Å²) >= 11 is 0. The minimum absolute atomic E-state index is 0. The smallest absolute Gasteiger partial charge is 0.545 e. The number of carboxylic acid groups (broad SMARTS) is 4. The van der Waals surface area contributed by atoms with Crippen LogP contribution in [0, 0.1) is 0 Å². The Morgan fingerprint density at radius 3 is 0.541 bits per heavy atom. The van der Waals surface area contributed by atoms with Gasteiger partial charge in [-0.05, 0) is 22.3 Å². The third-order valence-corrected chi connectivity index (χ3v) is 4.04. The molecule has 0 fully saturated rings. The van der Waals surface area contributed by atoms with Crippen molar-refractivity contribution in [3.05, 3.63) is 144 Å². The van der Waals surface area contributed by atoms with E-state index < -0.39 is 23.9 Å². The fourth-order valence-corrected chi connectivity index (χ4v) is 2.30. The van der Waals surface area contributed by atoms with Crippen molar-refractivity contribution in [3.8, 4) is 0 Å². The number of carbonyl (C=O) groups excluding carboxylic acids is 4. The van der Waals surface area contributed by atoms with Crippen molar-refractivity contribution in [1.82, 2.24) is 0 Å². The number of carbonyl (C=O) groups is 4. The zero-order valence-electron chi connectivity index (χ0n) is 19.2. The van der Waals surface area contributed by atoms with Crippen molar-refractivity contribution in [2.24, 2.45) is 0 Å². The quantitative estimate of drug-likeness (QED) is 0.307. The van der Waals surface area contributed by atoms with E-state index in [-0.39, 0.29) is 41.7 Å². The van der Waals surface area contributed by atoms with Crippen LogP contribution in [0.3, 0.4) is 0 Å². The number of hydrogen-bond acceptors (Lipinski definition) is 8. The summed E-state index contributed by atoms with van der Waals surface area (Å²) in [6.45, 7) is 0. The Labute approximate surface area is 226 Å². The molecule has 0 unspecified atom stereocenters. The molecular weight excluding hydrogens is 565 g/mol. The van der Waals surface area contributed by atoms with Gasteiger partial charge in [0.05, 0.1) is 23.9 Å². The summed E-state index contributed by atoms with van der Waals surface area (Å²) in [4.78, 5) is 40.4. The van der Waals surface area contributed by atoms with Gasteiger partial charge in [-0.3, -0.25) is 0 Å². The molecule has 0 atom stereocenters. The van der Waals surface area contributed by atoms with Gasteiger partial charge in [0.25, 0.3) is 0 Å². The largest absolute Gasteiger partial charge is 4.00 e. The molecule has 0 aliphatic carbocycles. The zero-order chi connectivity index (χ0) is 26.8. The molecule has 8 nitrogen and oxygen atoms in total. The van der Waals surface area contributed by atoms with E-state index in [4.69, 9.17) is 0 Å². The Balaban J connectivity index is 0.000000463. The van der Waals surface area contributed by atoms with Gasteiger partial charge in [-0.1, -0.05) is 121 Å². The minimum atomic E-state index is -1.13. The van der Waals surface area contributed by atoms with Crippen LogP contribution in [0.15, 0.2) is 121 Å². The van der Waals surface area contributed by atoms with Crippen LogP contribution in [0.4, 0.5) is 0 Å². The first-order valence-electron chi connectivity index (χ1n) is 10.3. The molecule has 0 spiro atoms. The maximum Gasteiger partial charge on any atom is 4.00 e. The molecule has 4 aromatic rings. The van der Waals surface area contributed by atoms with E-state index >= 15 is 0 Å². The molecule has 4 aromatic carbocycles. The molecule has 4 rings (SSSR count). The Morgan fingerprint density at radius 1 is 0.324 bits per heavy atom. The van der Waals surface area contributed by atoms with Crippen molar-refractivity contribution in [2.75, 3.05) is 0 Å². The number of rotatable bonds is 4. The molecule has 0 bridgehead atoms. The van der Waals surface area contributed by atoms with E-state index in [1.807, 2.05) is 0 Å². The molecular formula is C28H20O8Ru. The van der Waals surface area contributed by atoms with Crippen LogP contribution in [-0.4, -0.2) is 23.9 Å². The summed E-state index contributed by atoms with van der Waals surface area (Å²) in [5.74, 6) is -4.52. The normalized spacial score (nSPS) is 8.65. The van der Waals surface area contributed by atoms with Crippen LogP contribution < -0.4 is 20.4 Å². The summed E-state index contributed by atoms with van der Waals surface area (Å²) < 4.78 is 0. The summed E-state index contributed by atoms with van der Waals surface area (Å²) in [6, 6.07) is 32.3. The van der Waals surface area contributed by atoms with Crippen LogP contribution in [0.2, 0.25) is 0 Å². The Kier molecular flexibility index (Phi) is 16.3. The second-order valence-electron chi connectivity index (χ2n) is 6.61. The summed E-state index contributed by atoms with van der Waals surface area (Å²) in [5, 5.41) is 40.4. The third kappa shape index (κ3) is 14.4. The van der Waals surface area contributed by atoms with Gasteiger partial charge in [0.15, 0.2) is 0 Å². The fraction of sp³-hybridized carbons (Fsp3) is 0. The topological polar surface area (TPSA) is 161 Å². The van der Waals surface area contributed by atoms with E-state index in [0.29, 0.717) is 0 Å². The van der Waals surface area contributed by atoms with Crippen LogP contribution >= 0.6 is 0 Å². The van der Waals surface area contributed by atoms with Crippen LogP contribution in [-0.2, 0) is 19.5 Å². The summed E-state index contributed by atoms with van der Waals surface area (Å²) in [7, 11) is 0. The standard InChI is InChI=1S/4C7H6O2.Ru/c4*8-7(9)6-4-2-1-3-5-6;/h4*1-5H,(H,8,9);/q;;;;+4/p-4. The first-order chi connectivity index (χ1) is 17.2. The average Bonchev–Trinajstić information content (AvgIpc) is 2.92. The number of carboxylic acids is 4. The fourth-order valence-electron chi connectivity index (χ4n) is 2.30.